The number of aliphatic hydroxyl groups excluding tert-OH is 1. The highest BCUT2D eigenvalue weighted by Crippen LogP contribution is 2.72. The van der Waals surface area contributed by atoms with E-state index in [9.17, 15) is 28.7 Å². The van der Waals surface area contributed by atoms with E-state index in [1.165, 1.54) is 38.3 Å². The van der Waals surface area contributed by atoms with E-state index in [1.54, 1.807) is 27.7 Å². The van der Waals surface area contributed by atoms with E-state index < -0.39 is 87.2 Å². The molecule has 0 spiro atoms. The van der Waals surface area contributed by atoms with E-state index >= 15 is 8.78 Å². The predicted octanol–water partition coefficient (Wildman–Crippen LogP) is 6.15. The summed E-state index contributed by atoms with van der Waals surface area (Å²) in [6.45, 7) is 8.85. The molecule has 10 unspecified atom stereocenters. The van der Waals surface area contributed by atoms with Crippen LogP contribution in [0.4, 0.5) is 13.2 Å². The Balaban J connectivity index is 1.44. The zero-order valence-corrected chi connectivity index (χ0v) is 28.9. The molecule has 12 heteroatoms. The number of thioether (sulfide) groups is 1. The van der Waals surface area contributed by atoms with Crippen LogP contribution in [0.3, 0.4) is 0 Å². The number of carbonyl (C=O) groups excluding carboxylic acids is 4. The Bertz CT molecular complexity index is 1560. The van der Waals surface area contributed by atoms with E-state index in [0.29, 0.717) is 0 Å². The molecule has 0 bridgehead atoms. The molecule has 1 aromatic heterocycles. The lowest BCUT2D eigenvalue weighted by atomic mass is 9.43. The van der Waals surface area contributed by atoms with Gasteiger partial charge in [0.25, 0.3) is 0 Å². The normalized spacial score (nSPS) is 38.8. The fourth-order valence-corrected chi connectivity index (χ4v) is 10.3. The lowest BCUT2D eigenvalue weighted by Gasteiger charge is -2.63. The number of aliphatic hydroxyl groups is 1. The fourth-order valence-electron chi connectivity index (χ4n) is 9.32. The standard InChI is InChI=1S/C36H43F3O8S/c1-20-16-34(5)22(15-25(20)40)24(37)14-21-23-17-35(6,47-30(43)26-10-9-12-45-26)29(33(23,4)18-27(41)36(21,34)39)31(44)48-13-8-7-11-46-28(42)19-32(2,3)38/h9-10,12,15,20-21,23-24,27,29,41H,11,13-14,16-19H2,1-6H3. The Labute approximate surface area is 282 Å². The Morgan fingerprint density at radius 3 is 2.50 bits per heavy atom. The zero-order chi connectivity index (χ0) is 35.4. The molecule has 0 aliphatic heterocycles. The van der Waals surface area contributed by atoms with Crippen LogP contribution in [0.1, 0.15) is 84.2 Å². The van der Waals surface area contributed by atoms with E-state index in [2.05, 4.69) is 11.8 Å². The number of esters is 2. The number of fused-ring (bicyclic) bond motifs is 5. The van der Waals surface area contributed by atoms with Gasteiger partial charge in [-0.2, -0.15) is 0 Å². The first-order valence-electron chi connectivity index (χ1n) is 16.3. The average Bonchev–Trinajstić information content (AvgIpc) is 3.58. The molecule has 4 aliphatic carbocycles. The molecular formula is C36H43F3O8S. The molecule has 0 amide bonds. The van der Waals surface area contributed by atoms with Crippen molar-refractivity contribution in [1.82, 2.24) is 0 Å². The number of ketones is 1. The van der Waals surface area contributed by atoms with Crippen LogP contribution in [0.25, 0.3) is 0 Å². The third kappa shape index (κ3) is 6.14. The molecule has 5 rings (SSSR count). The van der Waals surface area contributed by atoms with E-state index in [1.807, 2.05) is 0 Å². The van der Waals surface area contributed by atoms with Crippen LogP contribution >= 0.6 is 11.8 Å². The summed E-state index contributed by atoms with van der Waals surface area (Å²) in [5.41, 5.74) is -8.02. The quantitative estimate of drug-likeness (QED) is 0.265. The Hall–Kier alpha value is -3.04. The molecule has 0 radical (unpaired) electrons. The van der Waals surface area contributed by atoms with Crippen LogP contribution in [0.2, 0.25) is 0 Å². The monoisotopic (exact) mass is 692 g/mol. The van der Waals surface area contributed by atoms with E-state index in [0.717, 1.165) is 11.8 Å². The summed E-state index contributed by atoms with van der Waals surface area (Å²) < 4.78 is 63.8. The van der Waals surface area contributed by atoms with Crippen molar-refractivity contribution in [2.24, 2.45) is 34.5 Å². The first-order valence-corrected chi connectivity index (χ1v) is 17.3. The molecule has 0 aromatic carbocycles. The first kappa shape index (κ1) is 36.2. The highest BCUT2D eigenvalue weighted by atomic mass is 32.2. The van der Waals surface area contributed by atoms with E-state index in [4.69, 9.17) is 13.9 Å². The van der Waals surface area contributed by atoms with Gasteiger partial charge in [-0.05, 0) is 81.6 Å². The number of carbonyl (C=O) groups is 4. The minimum absolute atomic E-state index is 0.0197. The summed E-state index contributed by atoms with van der Waals surface area (Å²) in [5.74, 6) is 0.110. The van der Waals surface area contributed by atoms with Crippen LogP contribution in [0, 0.1) is 46.3 Å². The van der Waals surface area contributed by atoms with Crippen LogP contribution in [0.15, 0.2) is 34.5 Å². The Morgan fingerprint density at radius 2 is 1.85 bits per heavy atom. The molecule has 3 fully saturated rings. The topological polar surface area (TPSA) is 120 Å². The maximum absolute atomic E-state index is 17.9. The first-order chi connectivity index (χ1) is 22.3. The number of halogens is 3. The number of hydrogen-bond donors (Lipinski definition) is 1. The maximum Gasteiger partial charge on any atom is 0.374 e. The number of allylic oxidation sites excluding steroid dienone is 1. The highest BCUT2D eigenvalue weighted by Gasteiger charge is 2.76. The minimum Gasteiger partial charge on any atom is -0.457 e. The van der Waals surface area contributed by atoms with Gasteiger partial charge in [0.15, 0.2) is 17.5 Å². The summed E-state index contributed by atoms with van der Waals surface area (Å²) in [6, 6.07) is 2.93. The average molecular weight is 693 g/mol. The van der Waals surface area contributed by atoms with Gasteiger partial charge in [-0.15, -0.1) is 0 Å². The largest absolute Gasteiger partial charge is 0.457 e. The van der Waals surface area contributed by atoms with Gasteiger partial charge in [0.2, 0.25) is 5.76 Å². The second kappa shape index (κ2) is 12.7. The molecule has 262 valence electrons. The maximum atomic E-state index is 17.9. The van der Waals surface area contributed by atoms with Crippen molar-refractivity contribution in [2.75, 3.05) is 12.4 Å². The van der Waals surface area contributed by atoms with Gasteiger partial charge in [-0.25, -0.2) is 18.0 Å². The number of alkyl halides is 3. The van der Waals surface area contributed by atoms with Crippen molar-refractivity contribution in [1.29, 1.82) is 0 Å². The third-order valence-electron chi connectivity index (χ3n) is 11.2. The molecule has 0 saturated heterocycles. The number of rotatable bonds is 7. The fraction of sp³-hybridized carbons (Fsp3) is 0.667. The van der Waals surface area contributed by atoms with Gasteiger partial charge in [-0.3, -0.25) is 14.4 Å². The lowest BCUT2D eigenvalue weighted by Crippen LogP contribution is -2.69. The highest BCUT2D eigenvalue weighted by molar-refractivity contribution is 8.13. The molecule has 1 N–H and O–H groups in total. The summed E-state index contributed by atoms with van der Waals surface area (Å²) in [5, 5.41) is 11.4. The van der Waals surface area contributed by atoms with Gasteiger partial charge in [0.1, 0.15) is 23.1 Å². The summed E-state index contributed by atoms with van der Waals surface area (Å²) in [7, 11) is 0. The molecule has 10 atom stereocenters. The van der Waals surface area contributed by atoms with Crippen molar-refractivity contribution in [3.05, 3.63) is 35.8 Å². The van der Waals surface area contributed by atoms with Crippen LogP contribution in [-0.2, 0) is 23.9 Å². The van der Waals surface area contributed by atoms with Crippen molar-refractivity contribution >= 4 is 34.6 Å². The molecule has 4 aliphatic rings. The molecule has 1 heterocycles. The number of hydrogen-bond acceptors (Lipinski definition) is 9. The summed E-state index contributed by atoms with van der Waals surface area (Å²) >= 11 is 0.848. The van der Waals surface area contributed by atoms with E-state index in [-0.39, 0.29) is 55.2 Å². The van der Waals surface area contributed by atoms with Gasteiger partial charge < -0.3 is 19.0 Å². The van der Waals surface area contributed by atoms with Crippen molar-refractivity contribution < 1.29 is 51.3 Å². The smallest absolute Gasteiger partial charge is 0.374 e. The molecule has 3 saturated carbocycles. The molecule has 1 aromatic rings. The van der Waals surface area contributed by atoms with Crippen LogP contribution < -0.4 is 0 Å². The summed E-state index contributed by atoms with van der Waals surface area (Å²) in [4.78, 5) is 51.7. The van der Waals surface area contributed by atoms with Gasteiger partial charge in [0.05, 0.1) is 30.5 Å². The number of ether oxygens (including phenoxy) is 2. The van der Waals surface area contributed by atoms with Crippen molar-refractivity contribution in [2.45, 2.75) is 103 Å². The molecular weight excluding hydrogens is 649 g/mol. The molecule has 8 nitrogen and oxygen atoms in total. The summed E-state index contributed by atoms with van der Waals surface area (Å²) in [6.07, 6.45) is -1.53. The van der Waals surface area contributed by atoms with Gasteiger partial charge >= 0.3 is 11.9 Å². The minimum atomic E-state index is -2.31. The number of furan rings is 1. The predicted molar refractivity (Wildman–Crippen MR) is 171 cm³/mol. The van der Waals surface area contributed by atoms with Crippen LogP contribution in [-0.4, -0.2) is 69.5 Å². The zero-order valence-electron chi connectivity index (χ0n) is 28.1. The SMILES string of the molecule is CC1CC2(C)C(=CC1=O)C(F)CC1C3CC(C)(OC(=O)c4ccco4)C(C(=O)SCC#CCOC(=O)CC(C)(C)F)C3(C)CC(O)C12F. The van der Waals surface area contributed by atoms with Gasteiger partial charge in [-0.1, -0.05) is 44.4 Å². The Kier molecular flexibility index (Phi) is 9.58. The molecule has 48 heavy (non-hydrogen) atoms. The van der Waals surface area contributed by atoms with Crippen molar-refractivity contribution in [3.63, 3.8) is 0 Å². The van der Waals surface area contributed by atoms with Gasteiger partial charge in [0, 0.05) is 17.3 Å². The Morgan fingerprint density at radius 1 is 1.15 bits per heavy atom. The second-order valence-corrected chi connectivity index (χ2v) is 16.2. The lowest BCUT2D eigenvalue weighted by molar-refractivity contribution is -0.216. The van der Waals surface area contributed by atoms with Crippen LogP contribution in [0.5, 0.6) is 0 Å². The third-order valence-corrected chi connectivity index (χ3v) is 12.0. The van der Waals surface area contributed by atoms with Crippen molar-refractivity contribution in [3.8, 4) is 11.8 Å². The second-order valence-electron chi connectivity index (χ2n) is 15.2.